The largest absolute Gasteiger partial charge is 0.389 e. The van der Waals surface area contributed by atoms with E-state index >= 15 is 0 Å². The first kappa shape index (κ1) is 14.0. The predicted octanol–water partition coefficient (Wildman–Crippen LogP) is 1.57. The predicted molar refractivity (Wildman–Crippen MR) is 82.1 cm³/mol. The van der Waals surface area contributed by atoms with Crippen LogP contribution in [-0.4, -0.2) is 15.9 Å². The van der Waals surface area contributed by atoms with Crippen LogP contribution in [0, 0.1) is 6.92 Å². The number of aryl methyl sites for hydroxylation is 1. The third-order valence-corrected chi connectivity index (χ3v) is 3.01. The Morgan fingerprint density at radius 1 is 1.35 bits per heavy atom. The van der Waals surface area contributed by atoms with Gasteiger partial charge in [-0.3, -0.25) is 9.59 Å². The average molecular weight is 287 g/mol. The molecular formula is C14H13N3O2S. The highest BCUT2D eigenvalue weighted by Gasteiger charge is 2.12. The first-order chi connectivity index (χ1) is 9.49. The molecule has 0 saturated carbocycles. The summed E-state index contributed by atoms with van der Waals surface area (Å²) in [5.74, 6) is -0.390. The van der Waals surface area contributed by atoms with Crippen molar-refractivity contribution in [1.82, 2.24) is 4.98 Å². The van der Waals surface area contributed by atoms with E-state index in [1.54, 1.807) is 12.1 Å². The van der Waals surface area contributed by atoms with Crippen molar-refractivity contribution in [2.75, 3.05) is 5.32 Å². The molecule has 0 unspecified atom stereocenters. The van der Waals surface area contributed by atoms with Crippen molar-refractivity contribution in [3.8, 4) is 0 Å². The van der Waals surface area contributed by atoms with Crippen LogP contribution in [0.2, 0.25) is 0 Å². The number of nitrogens with one attached hydrogen (secondary N) is 2. The molecule has 5 nitrogen and oxygen atoms in total. The van der Waals surface area contributed by atoms with Gasteiger partial charge in [0.1, 0.15) is 4.99 Å². The molecule has 0 aliphatic carbocycles. The molecule has 20 heavy (non-hydrogen) atoms. The molecule has 0 atom stereocenters. The summed E-state index contributed by atoms with van der Waals surface area (Å²) in [5, 5.41) is 2.72. The van der Waals surface area contributed by atoms with Crippen LogP contribution in [0.3, 0.4) is 0 Å². The molecule has 1 heterocycles. The van der Waals surface area contributed by atoms with Crippen LogP contribution in [-0.2, 0) is 0 Å². The molecule has 0 spiro atoms. The monoisotopic (exact) mass is 287 g/mol. The van der Waals surface area contributed by atoms with E-state index in [4.69, 9.17) is 18.0 Å². The highest BCUT2D eigenvalue weighted by atomic mass is 32.1. The Hall–Kier alpha value is -2.47. The Kier molecular flexibility index (Phi) is 3.95. The van der Waals surface area contributed by atoms with Crippen LogP contribution >= 0.6 is 12.2 Å². The Bertz CT molecular complexity index is 737. The van der Waals surface area contributed by atoms with Gasteiger partial charge in [0.05, 0.1) is 5.69 Å². The highest BCUT2D eigenvalue weighted by molar-refractivity contribution is 7.80. The van der Waals surface area contributed by atoms with Gasteiger partial charge in [-0.25, -0.2) is 0 Å². The van der Waals surface area contributed by atoms with Crippen molar-refractivity contribution in [3.05, 3.63) is 63.6 Å². The van der Waals surface area contributed by atoms with Crippen molar-refractivity contribution in [2.24, 2.45) is 5.73 Å². The normalized spacial score (nSPS) is 10.1. The van der Waals surface area contributed by atoms with E-state index in [0.717, 1.165) is 5.56 Å². The van der Waals surface area contributed by atoms with E-state index < -0.39 is 0 Å². The number of thiocarbonyl (C=S) groups is 1. The van der Waals surface area contributed by atoms with Gasteiger partial charge in [-0.05, 0) is 24.6 Å². The van der Waals surface area contributed by atoms with Gasteiger partial charge < -0.3 is 16.0 Å². The van der Waals surface area contributed by atoms with Gasteiger partial charge in [-0.2, -0.15) is 0 Å². The molecule has 2 rings (SSSR count). The van der Waals surface area contributed by atoms with Crippen molar-refractivity contribution in [1.29, 1.82) is 0 Å². The number of H-pyrrole nitrogens is 1. The van der Waals surface area contributed by atoms with Crippen molar-refractivity contribution >= 4 is 28.8 Å². The number of anilines is 1. The zero-order valence-corrected chi connectivity index (χ0v) is 11.6. The van der Waals surface area contributed by atoms with E-state index in [1.807, 2.05) is 13.0 Å². The van der Waals surface area contributed by atoms with Gasteiger partial charge in [-0.1, -0.05) is 24.4 Å². The summed E-state index contributed by atoms with van der Waals surface area (Å²) in [6.07, 6.45) is 1.42. The molecule has 1 aromatic carbocycles. The summed E-state index contributed by atoms with van der Waals surface area (Å²) in [4.78, 5) is 26.0. The molecule has 1 aromatic heterocycles. The second-order valence-corrected chi connectivity index (χ2v) is 4.70. The van der Waals surface area contributed by atoms with E-state index in [0.29, 0.717) is 11.3 Å². The number of aromatic nitrogens is 1. The summed E-state index contributed by atoms with van der Waals surface area (Å²) in [6, 6.07) is 8.12. The second kappa shape index (κ2) is 5.66. The number of nitrogens with two attached hydrogens (primary N) is 1. The van der Waals surface area contributed by atoms with E-state index in [1.165, 1.54) is 18.3 Å². The molecule has 1 amide bonds. The van der Waals surface area contributed by atoms with Crippen molar-refractivity contribution in [3.63, 3.8) is 0 Å². The number of hydrogen-bond donors (Lipinski definition) is 3. The lowest BCUT2D eigenvalue weighted by molar-refractivity contribution is 0.102. The van der Waals surface area contributed by atoms with E-state index in [9.17, 15) is 9.59 Å². The summed E-state index contributed by atoms with van der Waals surface area (Å²) in [7, 11) is 0. The first-order valence-corrected chi connectivity index (χ1v) is 6.29. The average Bonchev–Trinajstić information content (AvgIpc) is 2.38. The van der Waals surface area contributed by atoms with Gasteiger partial charge in [0, 0.05) is 23.4 Å². The molecule has 6 heteroatoms. The molecule has 0 saturated heterocycles. The number of hydrogen-bond acceptors (Lipinski definition) is 3. The fourth-order valence-electron chi connectivity index (χ4n) is 1.88. The van der Waals surface area contributed by atoms with Gasteiger partial charge in [-0.15, -0.1) is 0 Å². The zero-order valence-electron chi connectivity index (χ0n) is 10.8. The lowest BCUT2D eigenvalue weighted by Crippen LogP contribution is -2.20. The quantitative estimate of drug-likeness (QED) is 0.748. The fraction of sp³-hybridized carbons (Fsp3) is 0.0714. The summed E-state index contributed by atoms with van der Waals surface area (Å²) >= 11 is 5.00. The molecule has 0 aliphatic heterocycles. The van der Waals surface area contributed by atoms with Crippen LogP contribution < -0.4 is 16.6 Å². The van der Waals surface area contributed by atoms with E-state index in [2.05, 4.69) is 10.3 Å². The van der Waals surface area contributed by atoms with Crippen LogP contribution in [0.25, 0.3) is 0 Å². The maximum atomic E-state index is 12.1. The molecule has 102 valence electrons. The van der Waals surface area contributed by atoms with Crippen LogP contribution in [0.1, 0.15) is 21.5 Å². The molecular weight excluding hydrogens is 274 g/mol. The number of carbonyl (C=O) groups is 1. The topological polar surface area (TPSA) is 88.0 Å². The minimum Gasteiger partial charge on any atom is -0.389 e. The maximum Gasteiger partial charge on any atom is 0.255 e. The Morgan fingerprint density at radius 3 is 2.75 bits per heavy atom. The molecule has 0 radical (unpaired) electrons. The SMILES string of the molecule is Cc1cccc(NC(=O)c2cc[nH]c(=O)c2)c1C(N)=S. The Morgan fingerprint density at radius 2 is 2.10 bits per heavy atom. The lowest BCUT2D eigenvalue weighted by Gasteiger charge is -2.12. The minimum absolute atomic E-state index is 0.212. The number of amides is 1. The zero-order chi connectivity index (χ0) is 14.7. The summed E-state index contributed by atoms with van der Waals surface area (Å²) in [6.45, 7) is 1.86. The Labute approximate surface area is 120 Å². The first-order valence-electron chi connectivity index (χ1n) is 5.88. The molecule has 0 bridgehead atoms. The van der Waals surface area contributed by atoms with Crippen LogP contribution in [0.5, 0.6) is 0 Å². The molecule has 2 aromatic rings. The lowest BCUT2D eigenvalue weighted by atomic mass is 10.1. The van der Waals surface area contributed by atoms with Gasteiger partial charge >= 0.3 is 0 Å². The van der Waals surface area contributed by atoms with Crippen LogP contribution in [0.15, 0.2) is 41.3 Å². The third-order valence-electron chi connectivity index (χ3n) is 2.80. The van der Waals surface area contributed by atoms with E-state index in [-0.39, 0.29) is 22.0 Å². The minimum atomic E-state index is -0.390. The summed E-state index contributed by atoms with van der Waals surface area (Å²) in [5.41, 5.74) is 7.64. The summed E-state index contributed by atoms with van der Waals surface area (Å²) < 4.78 is 0. The fourth-order valence-corrected chi connectivity index (χ4v) is 2.15. The smallest absolute Gasteiger partial charge is 0.255 e. The maximum absolute atomic E-state index is 12.1. The number of aromatic amines is 1. The highest BCUT2D eigenvalue weighted by Crippen LogP contribution is 2.20. The second-order valence-electron chi connectivity index (χ2n) is 4.26. The molecule has 4 N–H and O–H groups in total. The van der Waals surface area contributed by atoms with Crippen LogP contribution in [0.4, 0.5) is 5.69 Å². The van der Waals surface area contributed by atoms with Gasteiger partial charge in [0.25, 0.3) is 5.91 Å². The van der Waals surface area contributed by atoms with Crippen molar-refractivity contribution in [2.45, 2.75) is 6.92 Å². The van der Waals surface area contributed by atoms with Gasteiger partial charge in [0.15, 0.2) is 0 Å². The number of pyridine rings is 1. The molecule has 0 fully saturated rings. The number of carbonyl (C=O) groups excluding carboxylic acids is 1. The van der Waals surface area contributed by atoms with Crippen molar-refractivity contribution < 1.29 is 4.79 Å². The number of rotatable bonds is 3. The standard InChI is InChI=1S/C14H13N3O2S/c1-8-3-2-4-10(12(8)13(15)20)17-14(19)9-5-6-16-11(18)7-9/h2-7H,1H3,(H2,15,20)(H,16,18)(H,17,19). The number of benzene rings is 1. The molecule has 0 aliphatic rings. The Balaban J connectivity index is 2.36. The van der Waals surface area contributed by atoms with Gasteiger partial charge in [0.2, 0.25) is 5.56 Å². The third kappa shape index (κ3) is 2.92.